The maximum atomic E-state index is 12.9. The monoisotopic (exact) mass is 320 g/mol. The van der Waals surface area contributed by atoms with Crippen LogP contribution in [0.5, 0.6) is 5.75 Å². The molecule has 0 aromatic heterocycles. The number of benzene rings is 2. The molecule has 1 unspecified atom stereocenters. The smallest absolute Gasteiger partial charge is 0.254 e. The molecule has 1 saturated heterocycles. The van der Waals surface area contributed by atoms with E-state index in [1.165, 1.54) is 0 Å². The van der Waals surface area contributed by atoms with Gasteiger partial charge in [-0.3, -0.25) is 4.79 Å². The number of carbonyl (C=O) groups excluding carboxylic acids is 1. The summed E-state index contributed by atoms with van der Waals surface area (Å²) in [6.45, 7) is 3.34. The third-order valence-corrected chi connectivity index (χ3v) is 4.33. The van der Waals surface area contributed by atoms with E-state index in [0.29, 0.717) is 17.7 Å². The standard InChI is InChI=1S/C20H20N2O2/c1-2-24-18-10-8-16(9-11-18)19-7-4-12-22(19)20(23)17-6-3-5-15(13-17)14-21/h3,5-6,8-11,13,19H,2,4,7,12H2,1H3. The molecular weight excluding hydrogens is 300 g/mol. The zero-order valence-corrected chi connectivity index (χ0v) is 13.7. The summed E-state index contributed by atoms with van der Waals surface area (Å²) in [6.07, 6.45) is 1.94. The molecule has 1 aliphatic heterocycles. The fraction of sp³-hybridized carbons (Fsp3) is 0.300. The Labute approximate surface area is 142 Å². The van der Waals surface area contributed by atoms with Crippen molar-refractivity contribution in [3.63, 3.8) is 0 Å². The first-order valence-corrected chi connectivity index (χ1v) is 8.27. The minimum absolute atomic E-state index is 0.0107. The van der Waals surface area contributed by atoms with Gasteiger partial charge in [0.05, 0.1) is 24.3 Å². The first-order chi connectivity index (χ1) is 11.7. The molecule has 24 heavy (non-hydrogen) atoms. The van der Waals surface area contributed by atoms with Crippen molar-refractivity contribution in [3.05, 3.63) is 65.2 Å². The fourth-order valence-corrected chi connectivity index (χ4v) is 3.20. The molecule has 0 N–H and O–H groups in total. The van der Waals surface area contributed by atoms with Gasteiger partial charge in [0.15, 0.2) is 0 Å². The van der Waals surface area contributed by atoms with Crippen LogP contribution in [-0.4, -0.2) is 24.0 Å². The van der Waals surface area contributed by atoms with Crippen molar-refractivity contribution in [1.29, 1.82) is 5.26 Å². The summed E-state index contributed by atoms with van der Waals surface area (Å²) in [4.78, 5) is 14.8. The summed E-state index contributed by atoms with van der Waals surface area (Å²) in [5, 5.41) is 9.02. The molecule has 1 aliphatic rings. The number of rotatable bonds is 4. The molecule has 0 radical (unpaired) electrons. The maximum absolute atomic E-state index is 12.9. The van der Waals surface area contributed by atoms with Crippen molar-refractivity contribution in [2.75, 3.05) is 13.2 Å². The van der Waals surface area contributed by atoms with Gasteiger partial charge in [-0.15, -0.1) is 0 Å². The number of ether oxygens (including phenoxy) is 1. The van der Waals surface area contributed by atoms with Crippen LogP contribution in [0, 0.1) is 11.3 Å². The molecule has 2 aromatic carbocycles. The van der Waals surface area contributed by atoms with Crippen molar-refractivity contribution < 1.29 is 9.53 Å². The van der Waals surface area contributed by atoms with Crippen molar-refractivity contribution >= 4 is 5.91 Å². The van der Waals surface area contributed by atoms with E-state index in [0.717, 1.165) is 30.7 Å². The van der Waals surface area contributed by atoms with Gasteiger partial charge in [0.1, 0.15) is 5.75 Å². The van der Waals surface area contributed by atoms with Crippen molar-refractivity contribution in [2.45, 2.75) is 25.8 Å². The molecule has 122 valence electrons. The SMILES string of the molecule is CCOc1ccc(C2CCCN2C(=O)c2cccc(C#N)c2)cc1. The summed E-state index contributed by atoms with van der Waals surface area (Å²) >= 11 is 0. The Morgan fingerprint density at radius 2 is 2.08 bits per heavy atom. The highest BCUT2D eigenvalue weighted by Crippen LogP contribution is 2.34. The molecule has 1 atom stereocenters. The summed E-state index contributed by atoms with van der Waals surface area (Å²) in [6, 6.07) is 17.1. The lowest BCUT2D eigenvalue weighted by Gasteiger charge is -2.25. The molecule has 1 heterocycles. The highest BCUT2D eigenvalue weighted by molar-refractivity contribution is 5.95. The Morgan fingerprint density at radius 3 is 2.79 bits per heavy atom. The van der Waals surface area contributed by atoms with Crippen LogP contribution in [0.1, 0.15) is 47.3 Å². The van der Waals surface area contributed by atoms with E-state index in [4.69, 9.17) is 10.00 Å². The molecule has 0 bridgehead atoms. The summed E-state index contributed by atoms with van der Waals surface area (Å²) < 4.78 is 5.48. The molecule has 1 amide bonds. The maximum Gasteiger partial charge on any atom is 0.254 e. The number of nitrogens with zero attached hydrogens (tertiary/aromatic N) is 2. The average Bonchev–Trinajstić information content (AvgIpc) is 3.12. The molecule has 2 aromatic rings. The van der Waals surface area contributed by atoms with Crippen LogP contribution in [0.3, 0.4) is 0 Å². The van der Waals surface area contributed by atoms with Gasteiger partial charge in [-0.1, -0.05) is 18.2 Å². The van der Waals surface area contributed by atoms with E-state index in [1.807, 2.05) is 36.1 Å². The topological polar surface area (TPSA) is 53.3 Å². The van der Waals surface area contributed by atoms with Crippen LogP contribution < -0.4 is 4.74 Å². The average molecular weight is 320 g/mol. The summed E-state index contributed by atoms with van der Waals surface area (Å²) in [5.74, 6) is 0.835. The Kier molecular flexibility index (Phi) is 4.81. The van der Waals surface area contributed by atoms with Crippen LogP contribution in [-0.2, 0) is 0 Å². The van der Waals surface area contributed by atoms with Gasteiger partial charge in [-0.2, -0.15) is 5.26 Å². The lowest BCUT2D eigenvalue weighted by atomic mass is 10.0. The predicted molar refractivity (Wildman–Crippen MR) is 91.8 cm³/mol. The second kappa shape index (κ2) is 7.18. The van der Waals surface area contributed by atoms with Crippen LogP contribution in [0.2, 0.25) is 0 Å². The van der Waals surface area contributed by atoms with Gasteiger partial charge in [0.25, 0.3) is 5.91 Å². The Hall–Kier alpha value is -2.80. The molecule has 0 aliphatic carbocycles. The van der Waals surface area contributed by atoms with E-state index in [9.17, 15) is 4.79 Å². The second-order valence-corrected chi connectivity index (χ2v) is 5.85. The van der Waals surface area contributed by atoms with Crippen LogP contribution in [0.15, 0.2) is 48.5 Å². The van der Waals surface area contributed by atoms with Gasteiger partial charge in [0, 0.05) is 12.1 Å². The van der Waals surface area contributed by atoms with Gasteiger partial charge < -0.3 is 9.64 Å². The normalized spacial score (nSPS) is 16.7. The molecular formula is C20H20N2O2. The largest absolute Gasteiger partial charge is 0.494 e. The molecule has 3 rings (SSSR count). The minimum atomic E-state index is -0.0107. The van der Waals surface area contributed by atoms with Crippen molar-refractivity contribution in [1.82, 2.24) is 4.90 Å². The Bertz CT molecular complexity index is 762. The van der Waals surface area contributed by atoms with Gasteiger partial charge in [-0.25, -0.2) is 0 Å². The molecule has 0 saturated carbocycles. The number of hydrogen-bond donors (Lipinski definition) is 0. The molecule has 4 heteroatoms. The van der Waals surface area contributed by atoms with Crippen LogP contribution in [0.4, 0.5) is 0 Å². The number of hydrogen-bond acceptors (Lipinski definition) is 3. The second-order valence-electron chi connectivity index (χ2n) is 5.85. The number of likely N-dealkylation sites (tertiary alicyclic amines) is 1. The molecule has 1 fully saturated rings. The first kappa shape index (κ1) is 16.1. The summed E-state index contributed by atoms with van der Waals surface area (Å²) in [5.41, 5.74) is 2.21. The Balaban J connectivity index is 1.82. The van der Waals surface area contributed by atoms with Crippen molar-refractivity contribution in [2.24, 2.45) is 0 Å². The quantitative estimate of drug-likeness (QED) is 0.857. The van der Waals surface area contributed by atoms with Crippen LogP contribution >= 0.6 is 0 Å². The molecule has 0 spiro atoms. The third-order valence-electron chi connectivity index (χ3n) is 4.33. The van der Waals surface area contributed by atoms with E-state index in [2.05, 4.69) is 6.07 Å². The lowest BCUT2D eigenvalue weighted by molar-refractivity contribution is 0.0735. The van der Waals surface area contributed by atoms with E-state index in [1.54, 1.807) is 24.3 Å². The third kappa shape index (κ3) is 3.26. The highest BCUT2D eigenvalue weighted by Gasteiger charge is 2.30. The zero-order valence-electron chi connectivity index (χ0n) is 13.7. The first-order valence-electron chi connectivity index (χ1n) is 8.27. The van der Waals surface area contributed by atoms with Gasteiger partial charge in [0.2, 0.25) is 0 Å². The summed E-state index contributed by atoms with van der Waals surface area (Å²) in [7, 11) is 0. The Morgan fingerprint density at radius 1 is 1.29 bits per heavy atom. The number of amides is 1. The number of carbonyl (C=O) groups is 1. The highest BCUT2D eigenvalue weighted by atomic mass is 16.5. The van der Waals surface area contributed by atoms with Gasteiger partial charge >= 0.3 is 0 Å². The lowest BCUT2D eigenvalue weighted by Crippen LogP contribution is -2.30. The fourth-order valence-electron chi connectivity index (χ4n) is 3.20. The van der Waals surface area contributed by atoms with Crippen LogP contribution in [0.25, 0.3) is 0 Å². The van der Waals surface area contributed by atoms with E-state index < -0.39 is 0 Å². The van der Waals surface area contributed by atoms with Gasteiger partial charge in [-0.05, 0) is 55.7 Å². The van der Waals surface area contributed by atoms with E-state index >= 15 is 0 Å². The minimum Gasteiger partial charge on any atom is -0.494 e. The zero-order chi connectivity index (χ0) is 16.9. The molecule has 4 nitrogen and oxygen atoms in total. The predicted octanol–water partition coefficient (Wildman–Crippen LogP) is 3.93. The van der Waals surface area contributed by atoms with E-state index in [-0.39, 0.29) is 11.9 Å². The van der Waals surface area contributed by atoms with Crippen molar-refractivity contribution in [3.8, 4) is 11.8 Å². The number of nitriles is 1.